The monoisotopic (exact) mass is 386 g/mol. The van der Waals surface area contributed by atoms with Gasteiger partial charge >= 0.3 is 0 Å². The van der Waals surface area contributed by atoms with E-state index in [4.69, 9.17) is 0 Å². The Morgan fingerprint density at radius 1 is 0.367 bits per heavy atom. The maximum atomic E-state index is 10.8. The molecule has 0 aliphatic carbocycles. The average Bonchev–Trinajstić information content (AvgIpc) is 2.78. The molecule has 0 aliphatic heterocycles. The van der Waals surface area contributed by atoms with Crippen molar-refractivity contribution in [3.8, 4) is 22.6 Å². The molecule has 0 amide bonds. The molecule has 6 rings (SSSR count). The molecule has 0 aliphatic rings. The van der Waals surface area contributed by atoms with Gasteiger partial charge in [-0.15, -0.1) is 0 Å². The normalized spacial score (nSPS) is 11.6. The SMILES string of the molecule is Oc1cc2ccc3ccccc3c2cc1-c1cc2c(ccc3ccccc32)cc1O. The van der Waals surface area contributed by atoms with Crippen LogP contribution in [-0.2, 0) is 0 Å². The minimum Gasteiger partial charge on any atom is -0.507 e. The molecule has 0 saturated heterocycles. The maximum absolute atomic E-state index is 10.8. The van der Waals surface area contributed by atoms with Crippen LogP contribution in [0.4, 0.5) is 0 Å². The lowest BCUT2D eigenvalue weighted by Gasteiger charge is -2.13. The van der Waals surface area contributed by atoms with Crippen LogP contribution in [0.15, 0.2) is 97.1 Å². The Morgan fingerprint density at radius 2 is 0.767 bits per heavy atom. The zero-order valence-corrected chi connectivity index (χ0v) is 16.1. The zero-order valence-electron chi connectivity index (χ0n) is 16.1. The summed E-state index contributed by atoms with van der Waals surface area (Å²) in [5, 5.41) is 30.3. The van der Waals surface area contributed by atoms with Crippen molar-refractivity contribution in [2.24, 2.45) is 0 Å². The highest BCUT2D eigenvalue weighted by Gasteiger charge is 2.14. The molecule has 0 spiro atoms. The summed E-state index contributed by atoms with van der Waals surface area (Å²) in [5.41, 5.74) is 1.26. The summed E-state index contributed by atoms with van der Waals surface area (Å²) in [6.07, 6.45) is 0. The number of hydrogen-bond acceptors (Lipinski definition) is 2. The van der Waals surface area contributed by atoms with Gasteiger partial charge in [-0.3, -0.25) is 0 Å². The van der Waals surface area contributed by atoms with Crippen molar-refractivity contribution in [2.75, 3.05) is 0 Å². The third-order valence-electron chi connectivity index (χ3n) is 6.01. The quantitative estimate of drug-likeness (QED) is 0.289. The third kappa shape index (κ3) is 2.44. The maximum Gasteiger partial charge on any atom is 0.124 e. The van der Waals surface area contributed by atoms with Crippen LogP contribution in [0.1, 0.15) is 0 Å². The van der Waals surface area contributed by atoms with Crippen LogP contribution in [0.5, 0.6) is 11.5 Å². The van der Waals surface area contributed by atoms with Gasteiger partial charge in [-0.25, -0.2) is 0 Å². The summed E-state index contributed by atoms with van der Waals surface area (Å²) >= 11 is 0. The van der Waals surface area contributed by atoms with Crippen molar-refractivity contribution in [2.45, 2.75) is 0 Å². The molecule has 0 radical (unpaired) electrons. The molecule has 30 heavy (non-hydrogen) atoms. The predicted octanol–water partition coefficient (Wildman–Crippen LogP) is 7.38. The molecule has 0 aromatic heterocycles. The van der Waals surface area contributed by atoms with E-state index < -0.39 is 0 Å². The summed E-state index contributed by atoms with van der Waals surface area (Å²) in [5.74, 6) is 0.320. The van der Waals surface area contributed by atoms with Gasteiger partial charge in [0.05, 0.1) is 0 Å². The Hall–Kier alpha value is -4.04. The fourth-order valence-electron chi connectivity index (χ4n) is 4.52. The van der Waals surface area contributed by atoms with Gasteiger partial charge in [-0.05, 0) is 67.4 Å². The van der Waals surface area contributed by atoms with E-state index in [1.54, 1.807) is 12.1 Å². The second-order valence-electron chi connectivity index (χ2n) is 7.75. The van der Waals surface area contributed by atoms with Gasteiger partial charge < -0.3 is 10.2 Å². The van der Waals surface area contributed by atoms with Gasteiger partial charge in [0, 0.05) is 11.1 Å². The summed E-state index contributed by atoms with van der Waals surface area (Å²) in [6.45, 7) is 0. The summed E-state index contributed by atoms with van der Waals surface area (Å²) < 4.78 is 0. The Labute approximate surface area is 173 Å². The Kier molecular flexibility index (Phi) is 3.50. The molecule has 2 nitrogen and oxygen atoms in total. The van der Waals surface area contributed by atoms with Crippen LogP contribution in [0, 0.1) is 0 Å². The van der Waals surface area contributed by atoms with Gasteiger partial charge in [0.25, 0.3) is 0 Å². The summed E-state index contributed by atoms with van der Waals surface area (Å²) in [6, 6.07) is 32.1. The fourth-order valence-corrected chi connectivity index (χ4v) is 4.52. The van der Waals surface area contributed by atoms with E-state index in [-0.39, 0.29) is 11.5 Å². The number of benzene rings is 6. The Balaban J connectivity index is 1.70. The molecule has 2 heteroatoms. The van der Waals surface area contributed by atoms with Crippen molar-refractivity contribution in [3.63, 3.8) is 0 Å². The molecular formula is C28H18O2. The van der Waals surface area contributed by atoms with Crippen molar-refractivity contribution in [1.82, 2.24) is 0 Å². The topological polar surface area (TPSA) is 40.5 Å². The molecule has 142 valence electrons. The molecule has 0 atom stereocenters. The second kappa shape index (κ2) is 6.23. The van der Waals surface area contributed by atoms with E-state index in [0.29, 0.717) is 11.1 Å². The van der Waals surface area contributed by atoms with Crippen LogP contribution in [0.2, 0.25) is 0 Å². The first-order valence-corrected chi connectivity index (χ1v) is 9.98. The first-order valence-electron chi connectivity index (χ1n) is 9.98. The molecule has 6 aromatic rings. The van der Waals surface area contributed by atoms with Gasteiger partial charge in [-0.2, -0.15) is 0 Å². The first kappa shape index (κ1) is 16.9. The lowest BCUT2D eigenvalue weighted by Crippen LogP contribution is -1.86. The molecule has 6 aromatic carbocycles. The molecule has 2 N–H and O–H groups in total. The van der Waals surface area contributed by atoms with Crippen LogP contribution < -0.4 is 0 Å². The van der Waals surface area contributed by atoms with Gasteiger partial charge in [0.15, 0.2) is 0 Å². The molecule has 0 saturated carbocycles. The first-order chi connectivity index (χ1) is 14.7. The summed E-state index contributed by atoms with van der Waals surface area (Å²) in [4.78, 5) is 0. The van der Waals surface area contributed by atoms with Crippen LogP contribution in [0.3, 0.4) is 0 Å². The van der Waals surface area contributed by atoms with Gasteiger partial charge in [0.2, 0.25) is 0 Å². The lowest BCUT2D eigenvalue weighted by molar-refractivity contribution is 0.470. The molecule has 0 bridgehead atoms. The molecule has 0 fully saturated rings. The number of phenols is 2. The van der Waals surface area contributed by atoms with Crippen LogP contribution in [0.25, 0.3) is 54.2 Å². The minimum absolute atomic E-state index is 0.160. The number of fused-ring (bicyclic) bond motifs is 6. The van der Waals surface area contributed by atoms with Crippen molar-refractivity contribution >= 4 is 43.1 Å². The molecular weight excluding hydrogens is 368 g/mol. The van der Waals surface area contributed by atoms with Crippen molar-refractivity contribution in [1.29, 1.82) is 0 Å². The largest absolute Gasteiger partial charge is 0.507 e. The number of phenolic OH excluding ortho intramolecular Hbond substituents is 2. The van der Waals surface area contributed by atoms with E-state index in [0.717, 1.165) is 43.1 Å². The van der Waals surface area contributed by atoms with Gasteiger partial charge in [0.1, 0.15) is 11.5 Å². The number of rotatable bonds is 1. The average molecular weight is 386 g/mol. The van der Waals surface area contributed by atoms with Crippen molar-refractivity contribution < 1.29 is 10.2 Å². The van der Waals surface area contributed by atoms with E-state index in [2.05, 4.69) is 36.4 Å². The number of hydrogen-bond donors (Lipinski definition) is 2. The van der Waals surface area contributed by atoms with E-state index in [1.165, 1.54) is 0 Å². The zero-order chi connectivity index (χ0) is 20.2. The standard InChI is InChI=1S/C28H18O2/c29-27-13-19-11-9-17-5-1-3-7-21(17)23(19)15-25(27)26-16-24-20(14-28(26)30)12-10-18-6-2-4-8-22(18)24/h1-16,29-30H. The van der Waals surface area contributed by atoms with Crippen LogP contribution >= 0.6 is 0 Å². The highest BCUT2D eigenvalue weighted by atomic mass is 16.3. The number of aromatic hydroxyl groups is 2. The highest BCUT2D eigenvalue weighted by molar-refractivity contribution is 6.12. The summed E-state index contributed by atoms with van der Waals surface area (Å²) in [7, 11) is 0. The highest BCUT2D eigenvalue weighted by Crippen LogP contribution is 2.42. The third-order valence-corrected chi connectivity index (χ3v) is 6.01. The Morgan fingerprint density at radius 3 is 1.23 bits per heavy atom. The van der Waals surface area contributed by atoms with Crippen LogP contribution in [-0.4, -0.2) is 10.2 Å². The smallest absolute Gasteiger partial charge is 0.124 e. The fraction of sp³-hybridized carbons (Fsp3) is 0. The van der Waals surface area contributed by atoms with Crippen molar-refractivity contribution in [3.05, 3.63) is 97.1 Å². The molecule has 0 heterocycles. The Bertz CT molecular complexity index is 1490. The lowest BCUT2D eigenvalue weighted by atomic mass is 9.93. The van der Waals surface area contributed by atoms with Gasteiger partial charge in [-0.1, -0.05) is 72.8 Å². The predicted molar refractivity (Wildman–Crippen MR) is 125 cm³/mol. The van der Waals surface area contributed by atoms with E-state index >= 15 is 0 Å². The van der Waals surface area contributed by atoms with E-state index in [1.807, 2.05) is 48.5 Å². The van der Waals surface area contributed by atoms with E-state index in [9.17, 15) is 10.2 Å². The molecule has 0 unspecified atom stereocenters. The second-order valence-corrected chi connectivity index (χ2v) is 7.75. The minimum atomic E-state index is 0.160.